The van der Waals surface area contributed by atoms with Gasteiger partial charge < -0.3 is 11.1 Å². The van der Waals surface area contributed by atoms with Crippen molar-refractivity contribution in [3.05, 3.63) is 34.3 Å². The van der Waals surface area contributed by atoms with E-state index in [0.29, 0.717) is 11.7 Å². The molecule has 5 heteroatoms. The fourth-order valence-corrected chi connectivity index (χ4v) is 2.35. The average molecular weight is 248 g/mol. The first-order valence-electron chi connectivity index (χ1n) is 5.55. The predicted octanol–water partition coefficient (Wildman–Crippen LogP) is 2.86. The Hall–Kier alpha value is -1.62. The zero-order valence-corrected chi connectivity index (χ0v) is 10.8. The molecular formula is C12H16N4S. The molecule has 0 saturated carbocycles. The van der Waals surface area contributed by atoms with Crippen LogP contribution in [0.5, 0.6) is 0 Å². The molecule has 0 aliphatic rings. The van der Waals surface area contributed by atoms with Gasteiger partial charge in [0, 0.05) is 10.4 Å². The molecule has 0 spiro atoms. The molecule has 2 aromatic heterocycles. The smallest absolute Gasteiger partial charge is 0.135 e. The van der Waals surface area contributed by atoms with Crippen molar-refractivity contribution >= 4 is 23.0 Å². The second-order valence-corrected chi connectivity index (χ2v) is 5.14. The highest BCUT2D eigenvalue weighted by atomic mass is 32.1. The van der Waals surface area contributed by atoms with Gasteiger partial charge in [-0.15, -0.1) is 11.3 Å². The highest BCUT2D eigenvalue weighted by molar-refractivity contribution is 7.09. The summed E-state index contributed by atoms with van der Waals surface area (Å²) in [5, 5.41) is 5.38. The van der Waals surface area contributed by atoms with Crippen molar-refractivity contribution in [3.8, 4) is 0 Å². The number of nitrogens with zero attached hydrogens (tertiary/aromatic N) is 2. The van der Waals surface area contributed by atoms with Crippen LogP contribution in [0.2, 0.25) is 0 Å². The number of hydrogen-bond donors (Lipinski definition) is 2. The number of aromatic nitrogens is 2. The molecule has 17 heavy (non-hydrogen) atoms. The topological polar surface area (TPSA) is 63.8 Å². The van der Waals surface area contributed by atoms with E-state index < -0.39 is 0 Å². The molecule has 2 rings (SSSR count). The first-order valence-corrected chi connectivity index (χ1v) is 6.43. The molecule has 0 aliphatic carbocycles. The number of nitrogen functional groups attached to an aromatic ring is 1. The highest BCUT2D eigenvalue weighted by Gasteiger charge is 2.12. The molecule has 2 heterocycles. The Kier molecular flexibility index (Phi) is 3.58. The molecule has 3 N–H and O–H groups in total. The normalized spacial score (nSPS) is 10.8. The van der Waals surface area contributed by atoms with Crippen molar-refractivity contribution in [1.29, 1.82) is 0 Å². The van der Waals surface area contributed by atoms with Gasteiger partial charge in [-0.2, -0.15) is 0 Å². The Morgan fingerprint density at radius 3 is 2.88 bits per heavy atom. The van der Waals surface area contributed by atoms with Gasteiger partial charge in [-0.25, -0.2) is 9.97 Å². The van der Waals surface area contributed by atoms with Crippen molar-refractivity contribution in [1.82, 2.24) is 9.97 Å². The number of anilines is 2. The number of rotatable bonds is 4. The summed E-state index contributed by atoms with van der Waals surface area (Å²) in [5.74, 6) is 1.70. The molecule has 0 aliphatic heterocycles. The number of thiophene rings is 1. The van der Waals surface area contributed by atoms with Gasteiger partial charge >= 0.3 is 0 Å². The third-order valence-electron chi connectivity index (χ3n) is 2.50. The molecule has 2 aromatic rings. The second-order valence-electron chi connectivity index (χ2n) is 4.11. The molecular weight excluding hydrogens is 232 g/mol. The van der Waals surface area contributed by atoms with E-state index >= 15 is 0 Å². The van der Waals surface area contributed by atoms with E-state index in [2.05, 4.69) is 40.6 Å². The Labute approximate surface area is 105 Å². The fraction of sp³-hybridized carbons (Fsp3) is 0.333. The molecule has 90 valence electrons. The fourth-order valence-electron chi connectivity index (χ4n) is 1.70. The van der Waals surface area contributed by atoms with Gasteiger partial charge in [0.15, 0.2) is 0 Å². The zero-order valence-electron chi connectivity index (χ0n) is 9.97. The Morgan fingerprint density at radius 1 is 1.41 bits per heavy atom. The first kappa shape index (κ1) is 11.9. The van der Waals surface area contributed by atoms with E-state index in [-0.39, 0.29) is 0 Å². The van der Waals surface area contributed by atoms with Crippen LogP contribution in [0.3, 0.4) is 0 Å². The van der Waals surface area contributed by atoms with Crippen LogP contribution in [-0.2, 0) is 6.54 Å². The van der Waals surface area contributed by atoms with E-state index in [0.717, 1.165) is 17.9 Å². The van der Waals surface area contributed by atoms with Crippen LogP contribution in [0.15, 0.2) is 23.8 Å². The van der Waals surface area contributed by atoms with E-state index in [9.17, 15) is 0 Å². The van der Waals surface area contributed by atoms with Gasteiger partial charge in [0.1, 0.15) is 18.0 Å². The van der Waals surface area contributed by atoms with Crippen molar-refractivity contribution in [2.75, 3.05) is 11.1 Å². The summed E-state index contributed by atoms with van der Waals surface area (Å²) in [6.45, 7) is 4.95. The molecule has 0 atom stereocenters. The minimum atomic E-state index is 0.307. The summed E-state index contributed by atoms with van der Waals surface area (Å²) in [6, 6.07) is 4.14. The molecule has 0 radical (unpaired) electrons. The van der Waals surface area contributed by atoms with Gasteiger partial charge in [-0.3, -0.25) is 0 Å². The van der Waals surface area contributed by atoms with Gasteiger partial charge in [-0.05, 0) is 17.4 Å². The lowest BCUT2D eigenvalue weighted by Gasteiger charge is -2.14. The summed E-state index contributed by atoms with van der Waals surface area (Å²) in [4.78, 5) is 9.57. The molecule has 0 fully saturated rings. The summed E-state index contributed by atoms with van der Waals surface area (Å²) in [7, 11) is 0. The molecule has 4 nitrogen and oxygen atoms in total. The van der Waals surface area contributed by atoms with Crippen LogP contribution in [0.4, 0.5) is 11.6 Å². The average Bonchev–Trinajstić information content (AvgIpc) is 2.78. The maximum absolute atomic E-state index is 5.88. The molecule has 0 amide bonds. The van der Waals surface area contributed by atoms with Crippen molar-refractivity contribution in [2.45, 2.75) is 26.3 Å². The molecule has 0 aromatic carbocycles. The summed E-state index contributed by atoms with van der Waals surface area (Å²) < 4.78 is 0. The van der Waals surface area contributed by atoms with E-state index in [1.54, 1.807) is 11.3 Å². The maximum atomic E-state index is 5.88. The van der Waals surface area contributed by atoms with Gasteiger partial charge in [-0.1, -0.05) is 19.9 Å². The van der Waals surface area contributed by atoms with Gasteiger partial charge in [0.25, 0.3) is 0 Å². The summed E-state index contributed by atoms with van der Waals surface area (Å²) >= 11 is 1.72. The third kappa shape index (κ3) is 2.74. The standard InChI is InChI=1S/C12H16N4S/c1-8(2)10-11(13)15-7-16-12(10)14-6-9-4-3-5-17-9/h3-5,7-8H,6H2,1-2H3,(H3,13,14,15,16). The Bertz CT molecular complexity index is 479. The Balaban J connectivity index is 2.18. The second kappa shape index (κ2) is 5.14. The maximum Gasteiger partial charge on any atom is 0.135 e. The molecule has 0 bridgehead atoms. The molecule has 0 unspecified atom stereocenters. The predicted molar refractivity (Wildman–Crippen MR) is 72.2 cm³/mol. The monoisotopic (exact) mass is 248 g/mol. The van der Waals surface area contributed by atoms with Crippen molar-refractivity contribution in [3.63, 3.8) is 0 Å². The summed E-state index contributed by atoms with van der Waals surface area (Å²) in [6.07, 6.45) is 1.50. The van der Waals surface area contributed by atoms with E-state index in [4.69, 9.17) is 5.73 Å². The Morgan fingerprint density at radius 2 is 2.24 bits per heavy atom. The van der Waals surface area contributed by atoms with Crippen LogP contribution in [0, 0.1) is 0 Å². The van der Waals surface area contributed by atoms with Crippen molar-refractivity contribution in [2.24, 2.45) is 0 Å². The largest absolute Gasteiger partial charge is 0.383 e. The number of nitrogens with two attached hydrogens (primary N) is 1. The van der Waals surface area contributed by atoms with E-state index in [1.807, 2.05) is 6.07 Å². The lowest BCUT2D eigenvalue weighted by molar-refractivity contribution is 0.850. The minimum Gasteiger partial charge on any atom is -0.383 e. The molecule has 0 saturated heterocycles. The van der Waals surface area contributed by atoms with Crippen LogP contribution in [0.25, 0.3) is 0 Å². The van der Waals surface area contributed by atoms with Crippen LogP contribution < -0.4 is 11.1 Å². The number of nitrogens with one attached hydrogen (secondary N) is 1. The lowest BCUT2D eigenvalue weighted by Crippen LogP contribution is -2.08. The first-order chi connectivity index (χ1) is 8.18. The number of hydrogen-bond acceptors (Lipinski definition) is 5. The highest BCUT2D eigenvalue weighted by Crippen LogP contribution is 2.26. The zero-order chi connectivity index (χ0) is 12.3. The minimum absolute atomic E-state index is 0.307. The van der Waals surface area contributed by atoms with Crippen LogP contribution >= 0.6 is 11.3 Å². The van der Waals surface area contributed by atoms with Crippen LogP contribution in [-0.4, -0.2) is 9.97 Å². The van der Waals surface area contributed by atoms with E-state index in [1.165, 1.54) is 11.2 Å². The van der Waals surface area contributed by atoms with Crippen LogP contribution in [0.1, 0.15) is 30.2 Å². The van der Waals surface area contributed by atoms with Crippen molar-refractivity contribution < 1.29 is 0 Å². The van der Waals surface area contributed by atoms with Gasteiger partial charge in [0.05, 0.1) is 6.54 Å². The lowest BCUT2D eigenvalue weighted by atomic mass is 10.0. The third-order valence-corrected chi connectivity index (χ3v) is 3.38. The SMILES string of the molecule is CC(C)c1c(N)ncnc1NCc1cccs1. The van der Waals surface area contributed by atoms with Gasteiger partial charge in [0.2, 0.25) is 0 Å². The summed E-state index contributed by atoms with van der Waals surface area (Å²) in [5.41, 5.74) is 6.87. The quantitative estimate of drug-likeness (QED) is 0.873.